The Bertz CT molecular complexity index is 961. The molecule has 2 rings (SSSR count). The van der Waals surface area contributed by atoms with Crippen molar-refractivity contribution in [1.82, 2.24) is 4.57 Å². The molecule has 0 aliphatic rings. The van der Waals surface area contributed by atoms with Crippen molar-refractivity contribution < 1.29 is 27.4 Å². The quantitative estimate of drug-likeness (QED) is 0.249. The van der Waals surface area contributed by atoms with Gasteiger partial charge in [0.05, 0.1) is 35.2 Å². The highest BCUT2D eigenvalue weighted by atomic mass is 32.2. The van der Waals surface area contributed by atoms with E-state index in [9.17, 15) is 22.8 Å². The summed E-state index contributed by atoms with van der Waals surface area (Å²) in [6.45, 7) is 5.90. The van der Waals surface area contributed by atoms with Crippen molar-refractivity contribution in [2.24, 2.45) is 0 Å². The Balaban J connectivity index is 2.83. The summed E-state index contributed by atoms with van der Waals surface area (Å²) in [5.74, 6) is -5.57. The third-order valence-corrected chi connectivity index (χ3v) is 5.18. The number of hydrogen-bond donors (Lipinski definition) is 0. The molecule has 9 heteroatoms. The molecule has 29 heavy (non-hydrogen) atoms. The molecule has 0 saturated carbocycles. The predicted octanol–water partition coefficient (Wildman–Crippen LogP) is 4.70. The van der Waals surface area contributed by atoms with Crippen LogP contribution in [-0.4, -0.2) is 36.6 Å². The van der Waals surface area contributed by atoms with Gasteiger partial charge in [0.15, 0.2) is 17.5 Å². The zero-order valence-electron chi connectivity index (χ0n) is 16.8. The second kappa shape index (κ2) is 10.2. The lowest BCUT2D eigenvalue weighted by Crippen LogP contribution is -2.27. The standard InChI is InChI=1S/C20H24F3NO4S/c1-5-7-8-27-10-11(3)24-17-12(9-13(21)15(22)16(17)23)18(25)14(19(24)29-4)20(26)28-6-2/h9,11H,5-8,10H2,1-4H3/t11-/m0/s1. The number of ether oxygens (including phenoxy) is 2. The Labute approximate surface area is 171 Å². The van der Waals surface area contributed by atoms with Crippen LogP contribution in [0.15, 0.2) is 15.9 Å². The zero-order chi connectivity index (χ0) is 21.7. The fourth-order valence-corrected chi connectivity index (χ4v) is 3.88. The molecule has 2 aromatic rings. The van der Waals surface area contributed by atoms with Gasteiger partial charge in [-0.2, -0.15) is 0 Å². The molecule has 1 atom stereocenters. The molecule has 0 unspecified atom stereocenters. The van der Waals surface area contributed by atoms with Crippen LogP contribution in [0.3, 0.4) is 0 Å². The Morgan fingerprint density at radius 2 is 1.93 bits per heavy atom. The van der Waals surface area contributed by atoms with Gasteiger partial charge in [-0.15, -0.1) is 11.8 Å². The largest absolute Gasteiger partial charge is 0.462 e. The van der Waals surface area contributed by atoms with Gasteiger partial charge >= 0.3 is 5.97 Å². The van der Waals surface area contributed by atoms with Gasteiger partial charge < -0.3 is 14.0 Å². The number of pyridine rings is 1. The minimum Gasteiger partial charge on any atom is -0.462 e. The van der Waals surface area contributed by atoms with Crippen LogP contribution in [0.1, 0.15) is 50.0 Å². The number of thioether (sulfide) groups is 1. The van der Waals surface area contributed by atoms with Crippen LogP contribution < -0.4 is 5.43 Å². The van der Waals surface area contributed by atoms with Crippen LogP contribution in [-0.2, 0) is 9.47 Å². The van der Waals surface area contributed by atoms with Crippen molar-refractivity contribution in [1.29, 1.82) is 0 Å². The van der Waals surface area contributed by atoms with E-state index < -0.39 is 45.8 Å². The number of unbranched alkanes of at least 4 members (excludes halogenated alkanes) is 1. The van der Waals surface area contributed by atoms with Crippen LogP contribution in [0.2, 0.25) is 0 Å². The number of carbonyl (C=O) groups is 1. The van der Waals surface area contributed by atoms with Gasteiger partial charge in [-0.25, -0.2) is 18.0 Å². The first-order valence-corrected chi connectivity index (χ1v) is 10.6. The SMILES string of the molecule is CCCCOC[C@H](C)n1c(SC)c(C(=O)OCC)c(=O)c2cc(F)c(F)c(F)c21. The van der Waals surface area contributed by atoms with Gasteiger partial charge in [0, 0.05) is 6.61 Å². The number of aromatic nitrogens is 1. The molecular formula is C20H24F3NO4S. The molecule has 0 fully saturated rings. The molecule has 0 radical (unpaired) electrons. The summed E-state index contributed by atoms with van der Waals surface area (Å²) in [7, 11) is 0. The average Bonchev–Trinajstić information content (AvgIpc) is 2.69. The van der Waals surface area contributed by atoms with E-state index >= 15 is 0 Å². The number of carbonyl (C=O) groups excluding carboxylic acids is 1. The maximum atomic E-state index is 14.8. The summed E-state index contributed by atoms with van der Waals surface area (Å²) < 4.78 is 54.5. The fourth-order valence-electron chi connectivity index (χ4n) is 3.03. The lowest BCUT2D eigenvalue weighted by Gasteiger charge is -2.24. The molecule has 1 heterocycles. The number of fused-ring (bicyclic) bond motifs is 1. The Morgan fingerprint density at radius 1 is 1.24 bits per heavy atom. The fraction of sp³-hybridized carbons (Fsp3) is 0.500. The van der Waals surface area contributed by atoms with Crippen LogP contribution in [0.4, 0.5) is 13.2 Å². The van der Waals surface area contributed by atoms with Crippen molar-refractivity contribution in [3.63, 3.8) is 0 Å². The normalized spacial score (nSPS) is 12.4. The van der Waals surface area contributed by atoms with Gasteiger partial charge in [-0.1, -0.05) is 13.3 Å². The molecule has 0 aliphatic carbocycles. The topological polar surface area (TPSA) is 57.5 Å². The first-order valence-electron chi connectivity index (χ1n) is 9.34. The van der Waals surface area contributed by atoms with Crippen molar-refractivity contribution >= 4 is 28.6 Å². The van der Waals surface area contributed by atoms with E-state index in [2.05, 4.69) is 0 Å². The summed E-state index contributed by atoms with van der Waals surface area (Å²) >= 11 is 1.02. The first kappa shape index (κ1) is 23.3. The van der Waals surface area contributed by atoms with Crippen LogP contribution in [0.5, 0.6) is 0 Å². The first-order chi connectivity index (χ1) is 13.8. The maximum absolute atomic E-state index is 14.8. The molecule has 5 nitrogen and oxygen atoms in total. The van der Waals surface area contributed by atoms with Gasteiger partial charge in [0.25, 0.3) is 0 Å². The van der Waals surface area contributed by atoms with Crippen LogP contribution in [0, 0.1) is 17.5 Å². The smallest absolute Gasteiger partial charge is 0.344 e. The molecule has 1 aromatic carbocycles. The summed E-state index contributed by atoms with van der Waals surface area (Å²) in [6.07, 6.45) is 3.36. The summed E-state index contributed by atoms with van der Waals surface area (Å²) in [6, 6.07) is 0.0503. The highest BCUT2D eigenvalue weighted by molar-refractivity contribution is 7.98. The van der Waals surface area contributed by atoms with Crippen LogP contribution in [0.25, 0.3) is 10.9 Å². The molecular weight excluding hydrogens is 407 g/mol. The number of nitrogens with zero attached hydrogens (tertiary/aromatic N) is 1. The van der Waals surface area contributed by atoms with Gasteiger partial charge in [-0.3, -0.25) is 4.79 Å². The number of hydrogen-bond acceptors (Lipinski definition) is 5. The van der Waals surface area contributed by atoms with E-state index in [4.69, 9.17) is 9.47 Å². The Morgan fingerprint density at radius 3 is 2.52 bits per heavy atom. The maximum Gasteiger partial charge on any atom is 0.344 e. The number of benzene rings is 1. The number of rotatable bonds is 9. The Kier molecular flexibility index (Phi) is 8.15. The minimum absolute atomic E-state index is 0.0198. The van der Waals surface area contributed by atoms with Crippen LogP contribution >= 0.6 is 11.8 Å². The van der Waals surface area contributed by atoms with Crippen molar-refractivity contribution in [3.8, 4) is 0 Å². The summed E-state index contributed by atoms with van der Waals surface area (Å²) in [4.78, 5) is 25.4. The van der Waals surface area contributed by atoms with E-state index in [1.165, 1.54) is 4.57 Å². The number of esters is 1. The van der Waals surface area contributed by atoms with E-state index in [1.807, 2.05) is 6.92 Å². The van der Waals surface area contributed by atoms with E-state index in [0.717, 1.165) is 24.6 Å². The number of halogens is 3. The molecule has 0 N–H and O–H groups in total. The molecule has 0 bridgehead atoms. The summed E-state index contributed by atoms with van der Waals surface area (Å²) in [5, 5.41) is -0.319. The zero-order valence-corrected chi connectivity index (χ0v) is 17.6. The Hall–Kier alpha value is -2.00. The second-order valence-electron chi connectivity index (χ2n) is 6.46. The monoisotopic (exact) mass is 431 g/mol. The minimum atomic E-state index is -1.68. The highest BCUT2D eigenvalue weighted by Crippen LogP contribution is 2.31. The van der Waals surface area contributed by atoms with Crippen molar-refractivity contribution in [2.75, 3.05) is 26.1 Å². The van der Waals surface area contributed by atoms with Crippen molar-refractivity contribution in [3.05, 3.63) is 39.3 Å². The van der Waals surface area contributed by atoms with E-state index in [1.54, 1.807) is 20.1 Å². The van der Waals surface area contributed by atoms with Gasteiger partial charge in [-0.05, 0) is 32.6 Å². The van der Waals surface area contributed by atoms with Crippen molar-refractivity contribution in [2.45, 2.75) is 44.7 Å². The molecule has 0 saturated heterocycles. The summed E-state index contributed by atoms with van der Waals surface area (Å²) in [5.41, 5.74) is -1.65. The van der Waals surface area contributed by atoms with Gasteiger partial charge in [0.1, 0.15) is 5.56 Å². The average molecular weight is 431 g/mol. The molecule has 0 aliphatic heterocycles. The molecule has 0 amide bonds. The molecule has 1 aromatic heterocycles. The lowest BCUT2D eigenvalue weighted by atomic mass is 10.1. The third kappa shape index (κ3) is 4.61. The lowest BCUT2D eigenvalue weighted by molar-refractivity contribution is 0.0517. The van der Waals surface area contributed by atoms with E-state index in [0.29, 0.717) is 12.7 Å². The predicted molar refractivity (Wildman–Crippen MR) is 106 cm³/mol. The van der Waals surface area contributed by atoms with Gasteiger partial charge in [0.2, 0.25) is 5.43 Å². The third-order valence-electron chi connectivity index (χ3n) is 4.40. The van der Waals surface area contributed by atoms with E-state index in [-0.39, 0.29) is 23.8 Å². The molecule has 160 valence electrons. The molecule has 0 spiro atoms. The highest BCUT2D eigenvalue weighted by Gasteiger charge is 2.29. The second-order valence-corrected chi connectivity index (χ2v) is 7.26.